The summed E-state index contributed by atoms with van der Waals surface area (Å²) in [5.74, 6) is 0.621. The van der Waals surface area contributed by atoms with Crippen molar-refractivity contribution in [3.63, 3.8) is 0 Å². The maximum Gasteiger partial charge on any atom is 0.0449 e. The highest BCUT2D eigenvalue weighted by atomic mass is 79.9. The van der Waals surface area contributed by atoms with E-state index in [1.807, 2.05) is 0 Å². The van der Waals surface area contributed by atoms with E-state index < -0.39 is 0 Å². The highest BCUT2D eigenvalue weighted by Crippen LogP contribution is 2.35. The lowest BCUT2D eigenvalue weighted by atomic mass is 9.79. The molecule has 0 aromatic carbocycles. The number of halogens is 1. The van der Waals surface area contributed by atoms with Gasteiger partial charge in [-0.2, -0.15) is 0 Å². The van der Waals surface area contributed by atoms with Crippen molar-refractivity contribution in [2.75, 3.05) is 0 Å². The third kappa shape index (κ3) is 3.07. The first kappa shape index (κ1) is 12.8. The van der Waals surface area contributed by atoms with Crippen LogP contribution in [0.5, 0.6) is 0 Å². The highest BCUT2D eigenvalue weighted by molar-refractivity contribution is 9.10. The monoisotopic (exact) mass is 268 g/mol. The average Bonchev–Trinajstić information content (AvgIpc) is 2.26. The summed E-state index contributed by atoms with van der Waals surface area (Å²) in [6.07, 6.45) is 11.2. The molecule has 15 heavy (non-hydrogen) atoms. The van der Waals surface area contributed by atoms with Crippen LogP contribution in [0.1, 0.15) is 34.6 Å². The van der Waals surface area contributed by atoms with Gasteiger partial charge in [0.2, 0.25) is 0 Å². The zero-order valence-corrected chi connectivity index (χ0v) is 11.9. The van der Waals surface area contributed by atoms with Crippen molar-refractivity contribution >= 4 is 15.9 Å². The number of allylic oxidation sites excluding steroid dienone is 6. The van der Waals surface area contributed by atoms with Crippen molar-refractivity contribution < 1.29 is 0 Å². The van der Waals surface area contributed by atoms with Gasteiger partial charge in [-0.15, -0.1) is 0 Å². The Kier molecular flexibility index (Phi) is 3.65. The topological polar surface area (TPSA) is 0 Å². The molecule has 0 saturated heterocycles. The molecule has 0 saturated carbocycles. The molecule has 0 bridgehead atoms. The van der Waals surface area contributed by atoms with Gasteiger partial charge >= 0.3 is 0 Å². The molecule has 0 aromatic rings. The van der Waals surface area contributed by atoms with Crippen LogP contribution in [0.15, 0.2) is 36.0 Å². The maximum absolute atomic E-state index is 3.70. The molecule has 1 aliphatic carbocycles. The molecule has 0 nitrogen and oxygen atoms in total. The Morgan fingerprint density at radius 3 is 2.33 bits per heavy atom. The van der Waals surface area contributed by atoms with E-state index in [9.17, 15) is 0 Å². The summed E-state index contributed by atoms with van der Waals surface area (Å²) in [6.45, 7) is 11.2. The second kappa shape index (κ2) is 4.29. The number of alkyl halides is 1. The van der Waals surface area contributed by atoms with Crippen LogP contribution in [-0.2, 0) is 0 Å². The highest BCUT2D eigenvalue weighted by Gasteiger charge is 2.24. The van der Waals surface area contributed by atoms with E-state index >= 15 is 0 Å². The van der Waals surface area contributed by atoms with Crippen LogP contribution in [0.4, 0.5) is 0 Å². The van der Waals surface area contributed by atoms with Crippen molar-refractivity contribution in [1.29, 1.82) is 0 Å². The molecule has 0 spiro atoms. The van der Waals surface area contributed by atoms with Crippen LogP contribution >= 0.6 is 15.9 Å². The lowest BCUT2D eigenvalue weighted by Crippen LogP contribution is -2.17. The Balaban J connectivity index is 3.00. The molecule has 0 radical (unpaired) electrons. The van der Waals surface area contributed by atoms with Gasteiger partial charge in [-0.05, 0) is 25.3 Å². The second-order valence-electron chi connectivity index (χ2n) is 5.31. The molecule has 0 fully saturated rings. The standard InChI is InChI=1S/C14H21Br/c1-11(2)14(5)9-6-7-12(8-10-14)13(3,4)15/h6-11H,1-5H3. The van der Waals surface area contributed by atoms with E-state index in [-0.39, 0.29) is 9.74 Å². The first-order valence-corrected chi connectivity index (χ1v) is 6.33. The maximum atomic E-state index is 3.70. The number of hydrogen-bond acceptors (Lipinski definition) is 0. The van der Waals surface area contributed by atoms with Gasteiger partial charge in [-0.3, -0.25) is 0 Å². The number of rotatable bonds is 2. The lowest BCUT2D eigenvalue weighted by molar-refractivity contribution is 0.383. The van der Waals surface area contributed by atoms with Crippen molar-refractivity contribution in [3.8, 4) is 0 Å². The smallest absolute Gasteiger partial charge is 0.0449 e. The Morgan fingerprint density at radius 1 is 1.27 bits per heavy atom. The normalized spacial score (nSPS) is 26.7. The van der Waals surface area contributed by atoms with Gasteiger partial charge in [0, 0.05) is 9.74 Å². The van der Waals surface area contributed by atoms with Crippen LogP contribution in [0.25, 0.3) is 0 Å². The van der Waals surface area contributed by atoms with Gasteiger partial charge in [0.1, 0.15) is 0 Å². The van der Waals surface area contributed by atoms with E-state index in [4.69, 9.17) is 0 Å². The van der Waals surface area contributed by atoms with Crippen LogP contribution < -0.4 is 0 Å². The second-order valence-corrected chi connectivity index (χ2v) is 7.29. The van der Waals surface area contributed by atoms with Crippen molar-refractivity contribution in [1.82, 2.24) is 0 Å². The first-order valence-electron chi connectivity index (χ1n) is 5.54. The van der Waals surface area contributed by atoms with E-state index in [0.717, 1.165) is 0 Å². The van der Waals surface area contributed by atoms with Gasteiger partial charge < -0.3 is 0 Å². The van der Waals surface area contributed by atoms with Crippen LogP contribution in [0.2, 0.25) is 0 Å². The summed E-state index contributed by atoms with van der Waals surface area (Å²) >= 11 is 3.70. The summed E-state index contributed by atoms with van der Waals surface area (Å²) in [6, 6.07) is 0. The van der Waals surface area contributed by atoms with Crippen LogP contribution in [-0.4, -0.2) is 4.32 Å². The van der Waals surface area contributed by atoms with E-state index in [2.05, 4.69) is 80.9 Å². The molecule has 1 heteroatoms. The van der Waals surface area contributed by atoms with Gasteiger partial charge in [0.15, 0.2) is 0 Å². The molecule has 0 N–H and O–H groups in total. The zero-order chi connectivity index (χ0) is 11.7. The Labute approximate surface area is 102 Å². The third-order valence-corrected chi connectivity index (χ3v) is 3.74. The molecule has 1 rings (SSSR count). The molecule has 0 aliphatic heterocycles. The molecular formula is C14H21Br. The lowest BCUT2D eigenvalue weighted by Gasteiger charge is -2.26. The van der Waals surface area contributed by atoms with E-state index in [0.29, 0.717) is 5.92 Å². The first-order chi connectivity index (χ1) is 6.76. The van der Waals surface area contributed by atoms with Crippen molar-refractivity contribution in [3.05, 3.63) is 36.0 Å². The summed E-state index contributed by atoms with van der Waals surface area (Å²) in [5, 5.41) is 0. The van der Waals surface area contributed by atoms with Crippen LogP contribution in [0, 0.1) is 11.3 Å². The molecule has 0 heterocycles. The fourth-order valence-corrected chi connectivity index (χ4v) is 1.79. The Bertz CT molecular complexity index is 313. The molecular weight excluding hydrogens is 248 g/mol. The third-order valence-electron chi connectivity index (χ3n) is 3.28. The predicted octanol–water partition coefficient (Wildman–Crippen LogP) is 4.87. The molecule has 1 aliphatic rings. The minimum absolute atomic E-state index is 0.0517. The number of hydrogen-bond donors (Lipinski definition) is 0. The fourth-order valence-electron chi connectivity index (χ4n) is 1.52. The summed E-state index contributed by atoms with van der Waals surface area (Å²) in [4.78, 5) is 0. The van der Waals surface area contributed by atoms with E-state index in [1.165, 1.54) is 5.57 Å². The predicted molar refractivity (Wildman–Crippen MR) is 72.3 cm³/mol. The van der Waals surface area contributed by atoms with Gasteiger partial charge in [-0.25, -0.2) is 0 Å². The van der Waals surface area contributed by atoms with Gasteiger partial charge in [-0.1, -0.05) is 67.1 Å². The Hall–Kier alpha value is -0.300. The summed E-state index contributed by atoms with van der Waals surface area (Å²) < 4.78 is 0.0517. The van der Waals surface area contributed by atoms with Crippen molar-refractivity contribution in [2.45, 2.75) is 38.9 Å². The molecule has 1 atom stereocenters. The summed E-state index contributed by atoms with van der Waals surface area (Å²) in [5.41, 5.74) is 1.50. The minimum Gasteiger partial charge on any atom is -0.0807 e. The van der Waals surface area contributed by atoms with Crippen LogP contribution in [0.3, 0.4) is 0 Å². The molecule has 0 aromatic heterocycles. The minimum atomic E-state index is 0.0517. The van der Waals surface area contributed by atoms with Gasteiger partial charge in [0.25, 0.3) is 0 Å². The SMILES string of the molecule is CC(C)C1(C)C=CC=C(C(C)(C)Br)C=C1. The molecule has 1 unspecified atom stereocenters. The largest absolute Gasteiger partial charge is 0.0807 e. The molecule has 84 valence electrons. The summed E-state index contributed by atoms with van der Waals surface area (Å²) in [7, 11) is 0. The zero-order valence-electron chi connectivity index (χ0n) is 10.3. The quantitative estimate of drug-likeness (QED) is 0.627. The van der Waals surface area contributed by atoms with Crippen molar-refractivity contribution in [2.24, 2.45) is 11.3 Å². The fraction of sp³-hybridized carbons (Fsp3) is 0.571. The van der Waals surface area contributed by atoms with Gasteiger partial charge in [0.05, 0.1) is 0 Å². The van der Waals surface area contributed by atoms with E-state index in [1.54, 1.807) is 0 Å². The average molecular weight is 269 g/mol. The Morgan fingerprint density at radius 2 is 1.87 bits per heavy atom. The molecule has 0 amide bonds.